The highest BCUT2D eigenvalue weighted by Gasteiger charge is 1.98. The predicted octanol–water partition coefficient (Wildman–Crippen LogP) is 0.178. The monoisotopic (exact) mass is 440 g/mol. The molecule has 0 atom stereocenters. The number of aliphatic carboxylic acids is 2. The van der Waals surface area contributed by atoms with Gasteiger partial charge in [0, 0.05) is 39.0 Å². The zero-order chi connectivity index (χ0) is 23.3. The van der Waals surface area contributed by atoms with Gasteiger partial charge in [-0.15, -0.1) is 0 Å². The van der Waals surface area contributed by atoms with E-state index < -0.39 is 11.9 Å². The molecule has 0 aromatic heterocycles. The van der Waals surface area contributed by atoms with Gasteiger partial charge in [0.1, 0.15) is 0 Å². The first-order chi connectivity index (χ1) is 14.5. The lowest BCUT2D eigenvalue weighted by Crippen LogP contribution is -2.21. The van der Waals surface area contributed by atoms with E-state index in [-0.39, 0.29) is 39.3 Å². The third-order valence-electron chi connectivity index (χ3n) is 3.69. The Morgan fingerprint density at radius 2 is 0.700 bits per heavy atom. The van der Waals surface area contributed by atoms with Crippen LogP contribution in [0.4, 0.5) is 0 Å². The van der Waals surface area contributed by atoms with Crippen molar-refractivity contribution in [2.24, 2.45) is 0 Å². The van der Waals surface area contributed by atoms with E-state index in [9.17, 15) is 9.59 Å². The predicted molar refractivity (Wildman–Crippen MR) is 116 cm³/mol. The first kappa shape index (κ1) is 33.3. The average molecular weight is 441 g/mol. The summed E-state index contributed by atoms with van der Waals surface area (Å²) in [5.74, 6) is -1.43. The quantitative estimate of drug-likeness (QED) is 0.129. The van der Waals surface area contributed by atoms with E-state index in [1.807, 2.05) is 0 Å². The van der Waals surface area contributed by atoms with Gasteiger partial charge in [-0.05, 0) is 12.8 Å². The van der Waals surface area contributed by atoms with Crippen molar-refractivity contribution in [3.05, 3.63) is 0 Å². The number of carboxylic acids is 2. The zero-order valence-electron chi connectivity index (χ0n) is 18.2. The fourth-order valence-electron chi connectivity index (χ4n) is 2.18. The number of aliphatic hydroxyl groups excluding tert-OH is 4. The molecular weight excluding hydrogens is 396 g/mol. The minimum atomic E-state index is -0.714. The van der Waals surface area contributed by atoms with Crippen LogP contribution in [-0.4, -0.2) is 95.2 Å². The van der Waals surface area contributed by atoms with Crippen molar-refractivity contribution < 1.29 is 40.2 Å². The van der Waals surface area contributed by atoms with Gasteiger partial charge >= 0.3 is 11.9 Å². The number of nitrogens with one attached hydrogen (secondary N) is 2. The summed E-state index contributed by atoms with van der Waals surface area (Å²) < 4.78 is 0. The Morgan fingerprint density at radius 3 is 0.900 bits per heavy atom. The lowest BCUT2D eigenvalue weighted by Gasteiger charge is -2.00. The summed E-state index contributed by atoms with van der Waals surface area (Å²) in [6.07, 6.45) is 8.51. The maximum absolute atomic E-state index is 10.2. The average Bonchev–Trinajstić information content (AvgIpc) is 2.71. The number of hydrogen-bond acceptors (Lipinski definition) is 8. The van der Waals surface area contributed by atoms with Crippen LogP contribution >= 0.6 is 0 Å². The number of aliphatic hydroxyl groups is 4. The van der Waals surface area contributed by atoms with Crippen molar-refractivity contribution in [1.29, 1.82) is 0 Å². The number of hydrogen-bond donors (Lipinski definition) is 8. The zero-order valence-corrected chi connectivity index (χ0v) is 18.2. The van der Waals surface area contributed by atoms with Gasteiger partial charge in [-0.1, -0.05) is 38.5 Å². The summed E-state index contributed by atoms with van der Waals surface area (Å²) >= 11 is 0. The first-order valence-electron chi connectivity index (χ1n) is 10.7. The molecule has 10 nitrogen and oxygen atoms in total. The van der Waals surface area contributed by atoms with E-state index in [1.54, 1.807) is 0 Å². The molecule has 0 unspecified atom stereocenters. The minimum Gasteiger partial charge on any atom is -0.481 e. The molecule has 0 bridgehead atoms. The van der Waals surface area contributed by atoms with Crippen LogP contribution in [0.1, 0.15) is 64.2 Å². The Morgan fingerprint density at radius 1 is 0.467 bits per heavy atom. The maximum Gasteiger partial charge on any atom is 0.303 e. The van der Waals surface area contributed by atoms with Crippen molar-refractivity contribution in [2.45, 2.75) is 64.2 Å². The van der Waals surface area contributed by atoms with Gasteiger partial charge in [-0.2, -0.15) is 0 Å². The molecule has 0 saturated heterocycles. The Kier molecular flexibility index (Phi) is 36.0. The molecule has 30 heavy (non-hydrogen) atoms. The van der Waals surface area contributed by atoms with Crippen molar-refractivity contribution in [3.63, 3.8) is 0 Å². The van der Waals surface area contributed by atoms with Crippen LogP contribution in [-0.2, 0) is 9.59 Å². The largest absolute Gasteiger partial charge is 0.481 e. The summed E-state index contributed by atoms with van der Waals surface area (Å²) in [4.78, 5) is 20.4. The van der Waals surface area contributed by atoms with Gasteiger partial charge in [0.15, 0.2) is 0 Å². The van der Waals surface area contributed by atoms with E-state index in [4.69, 9.17) is 30.6 Å². The second kappa shape index (κ2) is 32.4. The summed E-state index contributed by atoms with van der Waals surface area (Å²) in [6, 6.07) is 0. The standard InChI is InChI=1S/C12H22O4.2C4H11NO2/c13-11(14)9-7-5-3-1-2-4-6-8-10-12(15)16;2*6-3-1-5-2-4-7/h1-10H2,(H,13,14)(H,15,16);2*5-7H,1-4H2. The van der Waals surface area contributed by atoms with Crippen LogP contribution in [0.2, 0.25) is 0 Å². The lowest BCUT2D eigenvalue weighted by molar-refractivity contribution is -0.138. The molecule has 182 valence electrons. The number of unbranched alkanes of at least 4 members (excludes halogenated alkanes) is 7. The topological polar surface area (TPSA) is 180 Å². The molecule has 0 aliphatic rings. The number of carbonyl (C=O) groups is 2. The highest BCUT2D eigenvalue weighted by atomic mass is 16.4. The van der Waals surface area contributed by atoms with Gasteiger partial charge in [0.05, 0.1) is 26.4 Å². The van der Waals surface area contributed by atoms with Gasteiger partial charge in [-0.25, -0.2) is 0 Å². The van der Waals surface area contributed by atoms with Crippen molar-refractivity contribution in [1.82, 2.24) is 10.6 Å². The van der Waals surface area contributed by atoms with Gasteiger partial charge in [-0.3, -0.25) is 9.59 Å². The van der Waals surface area contributed by atoms with E-state index in [1.165, 1.54) is 0 Å². The molecule has 0 heterocycles. The molecule has 0 aromatic rings. The van der Waals surface area contributed by atoms with Crippen LogP contribution in [0.15, 0.2) is 0 Å². The molecule has 10 heteroatoms. The third-order valence-corrected chi connectivity index (χ3v) is 3.69. The Hall–Kier alpha value is -1.30. The number of carboxylic acid groups (broad SMARTS) is 2. The fraction of sp³-hybridized carbons (Fsp3) is 0.900. The van der Waals surface area contributed by atoms with E-state index in [2.05, 4.69) is 10.6 Å². The number of rotatable bonds is 19. The van der Waals surface area contributed by atoms with Gasteiger partial charge < -0.3 is 41.3 Å². The highest BCUT2D eigenvalue weighted by molar-refractivity contribution is 5.66. The van der Waals surface area contributed by atoms with E-state index in [0.717, 1.165) is 51.4 Å². The smallest absolute Gasteiger partial charge is 0.303 e. The summed E-state index contributed by atoms with van der Waals surface area (Å²) in [7, 11) is 0. The minimum absolute atomic E-state index is 0.139. The summed E-state index contributed by atoms with van der Waals surface area (Å²) in [5, 5.41) is 55.0. The molecule has 0 aliphatic heterocycles. The Balaban J connectivity index is -0.000000430. The molecule has 0 radical (unpaired) electrons. The Labute approximate surface area is 180 Å². The Bertz CT molecular complexity index is 307. The van der Waals surface area contributed by atoms with Crippen LogP contribution in [0, 0.1) is 0 Å². The van der Waals surface area contributed by atoms with Crippen LogP contribution in [0.5, 0.6) is 0 Å². The molecule has 0 aromatic carbocycles. The maximum atomic E-state index is 10.2. The van der Waals surface area contributed by atoms with Crippen LogP contribution in [0.3, 0.4) is 0 Å². The third kappa shape index (κ3) is 45.4. The highest BCUT2D eigenvalue weighted by Crippen LogP contribution is 2.10. The summed E-state index contributed by atoms with van der Waals surface area (Å²) in [5.41, 5.74) is 0. The lowest BCUT2D eigenvalue weighted by atomic mass is 10.1. The molecule has 8 N–H and O–H groups in total. The molecular formula is C20H44N2O8. The van der Waals surface area contributed by atoms with Gasteiger partial charge in [0.2, 0.25) is 0 Å². The van der Waals surface area contributed by atoms with Crippen molar-refractivity contribution >= 4 is 11.9 Å². The fourth-order valence-corrected chi connectivity index (χ4v) is 2.18. The molecule has 0 amide bonds. The second-order valence-electron chi connectivity index (χ2n) is 6.51. The van der Waals surface area contributed by atoms with E-state index >= 15 is 0 Å². The van der Waals surface area contributed by atoms with Crippen molar-refractivity contribution in [2.75, 3.05) is 52.6 Å². The normalized spacial score (nSPS) is 9.87. The molecule has 0 aliphatic carbocycles. The SMILES string of the molecule is O=C(O)CCCCCCCCCCC(=O)O.OCCNCCO.OCCNCCO. The van der Waals surface area contributed by atoms with Crippen molar-refractivity contribution in [3.8, 4) is 0 Å². The van der Waals surface area contributed by atoms with Crippen LogP contribution < -0.4 is 10.6 Å². The van der Waals surface area contributed by atoms with E-state index in [0.29, 0.717) is 26.2 Å². The molecule has 0 rings (SSSR count). The molecule has 0 fully saturated rings. The second-order valence-corrected chi connectivity index (χ2v) is 6.51. The summed E-state index contributed by atoms with van der Waals surface area (Å²) in [6.45, 7) is 2.84. The van der Waals surface area contributed by atoms with Gasteiger partial charge in [0.25, 0.3) is 0 Å². The molecule has 0 saturated carbocycles. The van der Waals surface area contributed by atoms with Crippen LogP contribution in [0.25, 0.3) is 0 Å². The first-order valence-corrected chi connectivity index (χ1v) is 10.7. The molecule has 0 spiro atoms.